The van der Waals surface area contributed by atoms with Crippen molar-refractivity contribution in [2.45, 2.75) is 17.9 Å². The number of carbonyl (C=O) groups is 2. The SMILES string of the molecule is C[C@@H](C(=O)N(C)c1ccccc1)[S@](=O)Cc1cccc(C(N)=O)c1. The monoisotopic (exact) mass is 344 g/mol. The number of nitrogens with zero attached hydrogens (tertiary/aromatic N) is 1. The van der Waals surface area contributed by atoms with E-state index in [4.69, 9.17) is 5.73 Å². The molecule has 2 amide bonds. The molecular formula is C18H20N2O3S. The first kappa shape index (κ1) is 17.9. The van der Waals surface area contributed by atoms with Crippen LogP contribution in [0.4, 0.5) is 5.69 Å². The maximum Gasteiger partial charge on any atom is 0.248 e. The van der Waals surface area contributed by atoms with Gasteiger partial charge in [-0.3, -0.25) is 13.8 Å². The van der Waals surface area contributed by atoms with Crippen molar-refractivity contribution in [1.29, 1.82) is 0 Å². The normalized spacial score (nSPS) is 13.1. The average molecular weight is 344 g/mol. The minimum Gasteiger partial charge on any atom is -0.366 e. The molecule has 0 radical (unpaired) electrons. The third-order valence-corrected chi connectivity index (χ3v) is 5.34. The molecular weight excluding hydrogens is 324 g/mol. The molecule has 2 rings (SSSR count). The van der Waals surface area contributed by atoms with Gasteiger partial charge in [-0.05, 0) is 36.8 Å². The molecule has 24 heavy (non-hydrogen) atoms. The molecule has 5 nitrogen and oxygen atoms in total. The topological polar surface area (TPSA) is 80.5 Å². The lowest BCUT2D eigenvalue weighted by Gasteiger charge is -2.21. The summed E-state index contributed by atoms with van der Waals surface area (Å²) in [6, 6.07) is 15.9. The fraction of sp³-hybridized carbons (Fsp3) is 0.222. The summed E-state index contributed by atoms with van der Waals surface area (Å²) in [5.74, 6) is -0.558. The van der Waals surface area contributed by atoms with E-state index in [1.807, 2.05) is 30.3 Å². The van der Waals surface area contributed by atoms with Crippen molar-refractivity contribution in [3.63, 3.8) is 0 Å². The van der Waals surface area contributed by atoms with E-state index in [9.17, 15) is 13.8 Å². The summed E-state index contributed by atoms with van der Waals surface area (Å²) in [4.78, 5) is 25.2. The highest BCUT2D eigenvalue weighted by Crippen LogP contribution is 2.16. The summed E-state index contributed by atoms with van der Waals surface area (Å²) in [5, 5.41) is -0.660. The standard InChI is InChI=1S/C18H20N2O3S/c1-13(18(22)20(2)16-9-4-3-5-10-16)24(23)12-14-7-6-8-15(11-14)17(19)21/h3-11,13H,12H2,1-2H3,(H2,19,21)/t13-,24+/m0/s1. The fourth-order valence-electron chi connectivity index (χ4n) is 2.27. The van der Waals surface area contributed by atoms with Crippen LogP contribution in [0.3, 0.4) is 0 Å². The van der Waals surface area contributed by atoms with Crippen LogP contribution in [-0.2, 0) is 21.3 Å². The molecule has 0 aliphatic heterocycles. The number of hydrogen-bond donors (Lipinski definition) is 1. The molecule has 0 fully saturated rings. The van der Waals surface area contributed by atoms with Gasteiger partial charge in [0, 0.05) is 34.9 Å². The van der Waals surface area contributed by atoms with E-state index < -0.39 is 22.0 Å². The van der Waals surface area contributed by atoms with Gasteiger partial charge in [0.1, 0.15) is 5.25 Å². The number of primary amides is 1. The Balaban J connectivity index is 2.08. The zero-order chi connectivity index (χ0) is 17.7. The summed E-state index contributed by atoms with van der Waals surface area (Å²) in [6.45, 7) is 1.65. The van der Waals surface area contributed by atoms with Gasteiger partial charge >= 0.3 is 0 Å². The lowest BCUT2D eigenvalue weighted by atomic mass is 10.1. The molecule has 2 atom stereocenters. The quantitative estimate of drug-likeness (QED) is 0.871. The van der Waals surface area contributed by atoms with Gasteiger partial charge < -0.3 is 10.6 Å². The number of amides is 2. The van der Waals surface area contributed by atoms with Gasteiger partial charge in [-0.1, -0.05) is 30.3 Å². The first-order chi connectivity index (χ1) is 11.4. The Morgan fingerprint density at radius 2 is 1.79 bits per heavy atom. The summed E-state index contributed by atoms with van der Waals surface area (Å²) < 4.78 is 12.5. The highest BCUT2D eigenvalue weighted by atomic mass is 32.2. The van der Waals surface area contributed by atoms with E-state index in [2.05, 4.69) is 0 Å². The third-order valence-electron chi connectivity index (χ3n) is 3.74. The van der Waals surface area contributed by atoms with E-state index in [0.29, 0.717) is 11.1 Å². The maximum atomic E-state index is 12.5. The molecule has 0 bridgehead atoms. The van der Waals surface area contributed by atoms with Gasteiger partial charge in [-0.2, -0.15) is 0 Å². The highest BCUT2D eigenvalue weighted by molar-refractivity contribution is 7.85. The number of hydrogen-bond acceptors (Lipinski definition) is 3. The van der Waals surface area contributed by atoms with Gasteiger partial charge in [0.2, 0.25) is 11.8 Å². The van der Waals surface area contributed by atoms with E-state index in [0.717, 1.165) is 5.69 Å². The molecule has 0 aliphatic rings. The van der Waals surface area contributed by atoms with Crippen molar-refractivity contribution in [3.8, 4) is 0 Å². The van der Waals surface area contributed by atoms with Gasteiger partial charge in [-0.15, -0.1) is 0 Å². The van der Waals surface area contributed by atoms with E-state index in [-0.39, 0.29) is 11.7 Å². The number of anilines is 1. The number of nitrogens with two attached hydrogens (primary N) is 1. The predicted octanol–water partition coefficient (Wildman–Crippen LogP) is 2.09. The van der Waals surface area contributed by atoms with Crippen LogP contribution < -0.4 is 10.6 Å². The van der Waals surface area contributed by atoms with Crippen LogP contribution in [0.2, 0.25) is 0 Å². The first-order valence-corrected chi connectivity index (χ1v) is 8.87. The van der Waals surface area contributed by atoms with Crippen molar-refractivity contribution in [2.24, 2.45) is 5.73 Å². The van der Waals surface area contributed by atoms with Crippen LogP contribution in [0.1, 0.15) is 22.8 Å². The summed E-state index contributed by atoms with van der Waals surface area (Å²) in [7, 11) is 0.261. The van der Waals surface area contributed by atoms with Crippen LogP contribution >= 0.6 is 0 Å². The molecule has 2 N–H and O–H groups in total. The van der Waals surface area contributed by atoms with Crippen LogP contribution in [-0.4, -0.2) is 28.3 Å². The third kappa shape index (κ3) is 4.29. The Kier molecular flexibility index (Phi) is 5.87. The van der Waals surface area contributed by atoms with Crippen LogP contribution in [0, 0.1) is 0 Å². The van der Waals surface area contributed by atoms with E-state index in [1.165, 1.54) is 4.90 Å². The molecule has 6 heteroatoms. The molecule has 2 aromatic rings. The van der Waals surface area contributed by atoms with Crippen molar-refractivity contribution in [1.82, 2.24) is 0 Å². The zero-order valence-corrected chi connectivity index (χ0v) is 14.5. The second-order valence-electron chi connectivity index (χ2n) is 5.46. The lowest BCUT2D eigenvalue weighted by molar-refractivity contribution is -0.117. The van der Waals surface area contributed by atoms with Gasteiger partial charge in [0.15, 0.2) is 0 Å². The second kappa shape index (κ2) is 7.88. The van der Waals surface area contributed by atoms with Gasteiger partial charge in [0.05, 0.1) is 0 Å². The lowest BCUT2D eigenvalue weighted by Crippen LogP contribution is -2.37. The van der Waals surface area contributed by atoms with E-state index in [1.54, 1.807) is 38.2 Å². The molecule has 0 spiro atoms. The summed E-state index contributed by atoms with van der Waals surface area (Å²) in [5.41, 5.74) is 7.08. The van der Waals surface area contributed by atoms with Crippen LogP contribution in [0.5, 0.6) is 0 Å². The van der Waals surface area contributed by atoms with Crippen LogP contribution in [0.25, 0.3) is 0 Å². The fourth-order valence-corrected chi connectivity index (χ4v) is 3.41. The van der Waals surface area contributed by atoms with Crippen LogP contribution in [0.15, 0.2) is 54.6 Å². The molecule has 0 unspecified atom stereocenters. The van der Waals surface area contributed by atoms with Gasteiger partial charge in [0.25, 0.3) is 0 Å². The largest absolute Gasteiger partial charge is 0.366 e. The Bertz CT molecular complexity index is 762. The minimum atomic E-state index is -1.41. The smallest absolute Gasteiger partial charge is 0.248 e. The Morgan fingerprint density at radius 1 is 1.12 bits per heavy atom. The minimum absolute atomic E-state index is 0.191. The first-order valence-electron chi connectivity index (χ1n) is 7.48. The molecule has 0 saturated heterocycles. The number of para-hydroxylation sites is 1. The van der Waals surface area contributed by atoms with Crippen molar-refractivity contribution >= 4 is 28.3 Å². The molecule has 0 saturated carbocycles. The number of rotatable bonds is 6. The highest BCUT2D eigenvalue weighted by Gasteiger charge is 2.24. The molecule has 126 valence electrons. The molecule has 0 aliphatic carbocycles. The number of benzene rings is 2. The number of carbonyl (C=O) groups excluding carboxylic acids is 2. The van der Waals surface area contributed by atoms with Crippen molar-refractivity contribution in [3.05, 3.63) is 65.7 Å². The zero-order valence-electron chi connectivity index (χ0n) is 13.6. The Morgan fingerprint density at radius 3 is 2.42 bits per heavy atom. The Labute approximate surface area is 143 Å². The molecule has 2 aromatic carbocycles. The summed E-state index contributed by atoms with van der Waals surface area (Å²) in [6.07, 6.45) is 0. The maximum absolute atomic E-state index is 12.5. The summed E-state index contributed by atoms with van der Waals surface area (Å²) >= 11 is 0. The second-order valence-corrected chi connectivity index (χ2v) is 7.22. The predicted molar refractivity (Wildman–Crippen MR) is 96.1 cm³/mol. The molecule has 0 aromatic heterocycles. The molecule has 0 heterocycles. The average Bonchev–Trinajstić information content (AvgIpc) is 2.60. The van der Waals surface area contributed by atoms with Crippen molar-refractivity contribution < 1.29 is 13.8 Å². The van der Waals surface area contributed by atoms with Gasteiger partial charge in [-0.25, -0.2) is 0 Å². The van der Waals surface area contributed by atoms with E-state index >= 15 is 0 Å². The van der Waals surface area contributed by atoms with Crippen molar-refractivity contribution in [2.75, 3.05) is 11.9 Å². The Hall–Kier alpha value is -2.47.